The summed E-state index contributed by atoms with van der Waals surface area (Å²) in [5.41, 5.74) is 2.06. The number of Topliss-reactive ketones (excluding diaryl/α,β-unsaturated/α-hetero) is 1. The van der Waals surface area contributed by atoms with Gasteiger partial charge in [-0.15, -0.1) is 0 Å². The first-order valence-electron chi connectivity index (χ1n) is 9.88. The molecule has 0 saturated carbocycles. The molecule has 0 aromatic heterocycles. The minimum Gasteiger partial charge on any atom is -0.459 e. The number of hydrogen-bond acceptors (Lipinski definition) is 5. The highest BCUT2D eigenvalue weighted by atomic mass is 16.6. The zero-order chi connectivity index (χ0) is 21.9. The molecule has 3 aromatic rings. The van der Waals surface area contributed by atoms with Crippen LogP contribution in [-0.4, -0.2) is 23.9 Å². The minimum absolute atomic E-state index is 0.0381. The van der Waals surface area contributed by atoms with Crippen LogP contribution in [0.25, 0.3) is 0 Å². The van der Waals surface area contributed by atoms with Gasteiger partial charge in [-0.05, 0) is 11.1 Å². The molecule has 0 aliphatic rings. The van der Waals surface area contributed by atoms with E-state index in [1.807, 2.05) is 60.7 Å². The van der Waals surface area contributed by atoms with Crippen molar-refractivity contribution in [3.8, 4) is 0 Å². The molecule has 1 N–H and O–H groups in total. The molecule has 0 bridgehead atoms. The molecule has 31 heavy (non-hydrogen) atoms. The van der Waals surface area contributed by atoms with E-state index in [1.165, 1.54) is 0 Å². The van der Waals surface area contributed by atoms with Crippen LogP contribution < -0.4 is 5.32 Å². The van der Waals surface area contributed by atoms with Crippen molar-refractivity contribution in [1.29, 1.82) is 0 Å². The van der Waals surface area contributed by atoms with E-state index in [4.69, 9.17) is 9.47 Å². The number of nitrogens with one attached hydrogen (secondary N) is 1. The lowest BCUT2D eigenvalue weighted by Crippen LogP contribution is -2.43. The number of ether oxygens (including phenoxy) is 2. The predicted octanol–water partition coefficient (Wildman–Crippen LogP) is 4.30. The van der Waals surface area contributed by atoms with Gasteiger partial charge in [-0.1, -0.05) is 91.0 Å². The van der Waals surface area contributed by atoms with Gasteiger partial charge in [-0.25, -0.2) is 9.59 Å². The summed E-state index contributed by atoms with van der Waals surface area (Å²) in [5.74, 6) is -0.990. The summed E-state index contributed by atoms with van der Waals surface area (Å²) in [4.78, 5) is 37.5. The summed E-state index contributed by atoms with van der Waals surface area (Å²) in [7, 11) is 0. The molecular formula is C25H23NO5. The zero-order valence-electron chi connectivity index (χ0n) is 16.9. The summed E-state index contributed by atoms with van der Waals surface area (Å²) in [6.07, 6.45) is -1.04. The van der Waals surface area contributed by atoms with Gasteiger partial charge in [0.1, 0.15) is 19.3 Å². The van der Waals surface area contributed by atoms with Gasteiger partial charge >= 0.3 is 12.1 Å². The molecule has 3 rings (SSSR count). The van der Waals surface area contributed by atoms with Crippen molar-refractivity contribution in [1.82, 2.24) is 5.32 Å². The van der Waals surface area contributed by atoms with Gasteiger partial charge < -0.3 is 14.8 Å². The van der Waals surface area contributed by atoms with Crippen LogP contribution in [0.2, 0.25) is 0 Å². The normalized spacial score (nSPS) is 11.2. The average molecular weight is 417 g/mol. The third kappa shape index (κ3) is 7.12. The van der Waals surface area contributed by atoms with Gasteiger partial charge in [0.15, 0.2) is 5.78 Å². The Bertz CT molecular complexity index is 990. The Hall–Kier alpha value is -3.93. The summed E-state index contributed by atoms with van der Waals surface area (Å²) < 4.78 is 10.5. The Morgan fingerprint density at radius 1 is 0.677 bits per heavy atom. The van der Waals surface area contributed by atoms with Crippen LogP contribution in [0.3, 0.4) is 0 Å². The van der Waals surface area contributed by atoms with E-state index in [0.29, 0.717) is 5.56 Å². The maximum atomic E-state index is 12.6. The van der Waals surface area contributed by atoms with Crippen molar-refractivity contribution < 1.29 is 23.9 Å². The largest absolute Gasteiger partial charge is 0.459 e. The SMILES string of the molecule is O=C(N[C@@H](CC(=O)c1ccccc1)C(=O)OCc1ccccc1)OCc1ccccc1. The van der Waals surface area contributed by atoms with Crippen molar-refractivity contribution >= 4 is 17.8 Å². The van der Waals surface area contributed by atoms with Gasteiger partial charge in [0.05, 0.1) is 0 Å². The van der Waals surface area contributed by atoms with Crippen LogP contribution in [0.1, 0.15) is 27.9 Å². The summed E-state index contributed by atoms with van der Waals surface area (Å²) >= 11 is 0. The fraction of sp³-hybridized carbons (Fsp3) is 0.160. The first kappa shape index (κ1) is 21.8. The van der Waals surface area contributed by atoms with Crippen LogP contribution in [-0.2, 0) is 27.5 Å². The fourth-order valence-corrected chi connectivity index (χ4v) is 2.86. The van der Waals surface area contributed by atoms with E-state index in [1.54, 1.807) is 30.3 Å². The molecule has 0 aliphatic carbocycles. The van der Waals surface area contributed by atoms with Gasteiger partial charge in [0, 0.05) is 12.0 Å². The quantitative estimate of drug-likeness (QED) is 0.415. The molecule has 0 spiro atoms. The molecule has 6 heteroatoms. The Balaban J connectivity index is 1.63. The van der Waals surface area contributed by atoms with Crippen molar-refractivity contribution in [3.63, 3.8) is 0 Å². The molecule has 6 nitrogen and oxygen atoms in total. The molecule has 3 aromatic carbocycles. The number of benzene rings is 3. The van der Waals surface area contributed by atoms with Crippen molar-refractivity contribution in [2.24, 2.45) is 0 Å². The van der Waals surface area contributed by atoms with Crippen LogP contribution in [0.5, 0.6) is 0 Å². The topological polar surface area (TPSA) is 81.7 Å². The van der Waals surface area contributed by atoms with E-state index in [-0.39, 0.29) is 25.4 Å². The standard InChI is InChI=1S/C25H23NO5/c27-23(21-14-8-3-9-15-21)16-22(24(28)30-17-19-10-4-1-5-11-19)26-25(29)31-18-20-12-6-2-7-13-20/h1-15,22H,16-18H2,(H,26,29)/t22-/m0/s1. The number of rotatable bonds is 9. The maximum absolute atomic E-state index is 12.6. The van der Waals surface area contributed by atoms with E-state index >= 15 is 0 Å². The number of carbonyl (C=O) groups is 3. The monoisotopic (exact) mass is 417 g/mol. The lowest BCUT2D eigenvalue weighted by Gasteiger charge is -2.17. The molecule has 1 atom stereocenters. The highest BCUT2D eigenvalue weighted by molar-refractivity contribution is 5.99. The maximum Gasteiger partial charge on any atom is 0.408 e. The number of hydrogen-bond donors (Lipinski definition) is 1. The highest BCUT2D eigenvalue weighted by Crippen LogP contribution is 2.10. The first-order valence-corrected chi connectivity index (χ1v) is 9.88. The highest BCUT2D eigenvalue weighted by Gasteiger charge is 2.26. The van der Waals surface area contributed by atoms with Gasteiger partial charge in [0.25, 0.3) is 0 Å². The van der Waals surface area contributed by atoms with Crippen LogP contribution in [0, 0.1) is 0 Å². The van der Waals surface area contributed by atoms with Gasteiger partial charge in [-0.2, -0.15) is 0 Å². The Kier molecular flexibility index (Phi) is 7.94. The number of esters is 1. The van der Waals surface area contributed by atoms with Crippen LogP contribution >= 0.6 is 0 Å². The van der Waals surface area contributed by atoms with E-state index in [9.17, 15) is 14.4 Å². The molecule has 0 radical (unpaired) electrons. The third-order valence-electron chi connectivity index (χ3n) is 4.50. The Labute approximate surface area is 180 Å². The van der Waals surface area contributed by atoms with Gasteiger partial charge in [-0.3, -0.25) is 4.79 Å². The summed E-state index contributed by atoms with van der Waals surface area (Å²) in [6.45, 7) is 0.0849. The van der Waals surface area contributed by atoms with Crippen molar-refractivity contribution in [3.05, 3.63) is 108 Å². The number of amides is 1. The molecular weight excluding hydrogens is 394 g/mol. The molecule has 0 heterocycles. The Morgan fingerprint density at radius 3 is 1.71 bits per heavy atom. The molecule has 0 aliphatic heterocycles. The Morgan fingerprint density at radius 2 is 1.16 bits per heavy atom. The molecule has 0 fully saturated rings. The second-order valence-corrected chi connectivity index (χ2v) is 6.85. The summed E-state index contributed by atoms with van der Waals surface area (Å²) in [6, 6.07) is 25.7. The number of ketones is 1. The first-order chi connectivity index (χ1) is 15.1. The molecule has 0 unspecified atom stereocenters. The smallest absolute Gasteiger partial charge is 0.408 e. The second kappa shape index (κ2) is 11.3. The van der Waals surface area contributed by atoms with Crippen LogP contribution in [0.4, 0.5) is 4.79 Å². The lowest BCUT2D eigenvalue weighted by molar-refractivity contribution is -0.147. The van der Waals surface area contributed by atoms with Crippen molar-refractivity contribution in [2.75, 3.05) is 0 Å². The fourth-order valence-electron chi connectivity index (χ4n) is 2.86. The van der Waals surface area contributed by atoms with Gasteiger partial charge in [0.2, 0.25) is 0 Å². The third-order valence-corrected chi connectivity index (χ3v) is 4.50. The second-order valence-electron chi connectivity index (χ2n) is 6.85. The van der Waals surface area contributed by atoms with Crippen molar-refractivity contribution in [2.45, 2.75) is 25.7 Å². The molecule has 1 amide bonds. The minimum atomic E-state index is -1.17. The van der Waals surface area contributed by atoms with E-state index < -0.39 is 18.1 Å². The number of alkyl carbamates (subject to hydrolysis) is 1. The average Bonchev–Trinajstić information content (AvgIpc) is 2.82. The predicted molar refractivity (Wildman–Crippen MR) is 115 cm³/mol. The van der Waals surface area contributed by atoms with E-state index in [0.717, 1.165) is 11.1 Å². The summed E-state index contributed by atoms with van der Waals surface area (Å²) in [5, 5.41) is 2.47. The zero-order valence-corrected chi connectivity index (χ0v) is 16.9. The molecule has 0 saturated heterocycles. The van der Waals surface area contributed by atoms with E-state index in [2.05, 4.69) is 5.32 Å². The lowest BCUT2D eigenvalue weighted by atomic mass is 10.0. The van der Waals surface area contributed by atoms with Crippen LogP contribution in [0.15, 0.2) is 91.0 Å². The molecule has 158 valence electrons. The number of carbonyl (C=O) groups excluding carboxylic acids is 3.